The summed E-state index contributed by atoms with van der Waals surface area (Å²) in [6.45, 7) is 7.92. The third-order valence-corrected chi connectivity index (χ3v) is 4.92. The highest BCUT2D eigenvalue weighted by Crippen LogP contribution is 2.21. The van der Waals surface area contributed by atoms with E-state index in [0.29, 0.717) is 11.3 Å². The third-order valence-electron chi connectivity index (χ3n) is 4.92. The van der Waals surface area contributed by atoms with Crippen LogP contribution >= 0.6 is 0 Å². The van der Waals surface area contributed by atoms with Gasteiger partial charge in [-0.1, -0.05) is 12.1 Å². The molecule has 3 aromatic heterocycles. The Hall–Kier alpha value is -3.55. The van der Waals surface area contributed by atoms with Crippen LogP contribution in [-0.4, -0.2) is 35.4 Å². The average Bonchev–Trinajstić information content (AvgIpc) is 3.37. The van der Waals surface area contributed by atoms with Crippen molar-refractivity contribution >= 4 is 16.9 Å². The zero-order valence-electron chi connectivity index (χ0n) is 16.9. The van der Waals surface area contributed by atoms with Gasteiger partial charge in [0.05, 0.1) is 29.2 Å². The van der Waals surface area contributed by atoms with E-state index in [1.54, 1.807) is 17.2 Å². The third kappa shape index (κ3) is 3.61. The standard InChI is InChI=1S/C21H23N7O/c1-13(2)28-20-17(10-23-28)9-19(15(4)25-20)21(29)26-14(3)16-5-7-18(8-6-16)27-12-22-11-24-27/h5-14H,1-4H3,(H,26,29)/t14-/m0/s1. The summed E-state index contributed by atoms with van der Waals surface area (Å²) >= 11 is 0. The Bertz CT molecular complexity index is 1140. The van der Waals surface area contributed by atoms with Crippen LogP contribution in [0.4, 0.5) is 0 Å². The van der Waals surface area contributed by atoms with Gasteiger partial charge in [0.1, 0.15) is 12.7 Å². The first kappa shape index (κ1) is 18.8. The Morgan fingerprint density at radius 3 is 2.52 bits per heavy atom. The van der Waals surface area contributed by atoms with Crippen LogP contribution < -0.4 is 5.32 Å². The highest BCUT2D eigenvalue weighted by atomic mass is 16.1. The van der Waals surface area contributed by atoms with Gasteiger partial charge in [-0.15, -0.1) is 0 Å². The van der Waals surface area contributed by atoms with Gasteiger partial charge < -0.3 is 5.32 Å². The number of benzene rings is 1. The molecule has 1 atom stereocenters. The van der Waals surface area contributed by atoms with E-state index in [2.05, 4.69) is 39.3 Å². The van der Waals surface area contributed by atoms with Gasteiger partial charge >= 0.3 is 0 Å². The zero-order valence-corrected chi connectivity index (χ0v) is 16.9. The quantitative estimate of drug-likeness (QED) is 0.565. The number of aryl methyl sites for hydroxylation is 1. The van der Waals surface area contributed by atoms with Crippen LogP contribution in [0.1, 0.15) is 54.5 Å². The van der Waals surface area contributed by atoms with Crippen LogP contribution in [0, 0.1) is 6.92 Å². The van der Waals surface area contributed by atoms with Crippen molar-refractivity contribution in [2.24, 2.45) is 0 Å². The summed E-state index contributed by atoms with van der Waals surface area (Å²) in [6.07, 6.45) is 4.90. The molecule has 148 valence electrons. The summed E-state index contributed by atoms with van der Waals surface area (Å²) in [4.78, 5) is 21.5. The Labute approximate surface area is 168 Å². The van der Waals surface area contributed by atoms with Gasteiger partial charge in [0.25, 0.3) is 5.91 Å². The monoisotopic (exact) mass is 389 g/mol. The highest BCUT2D eigenvalue weighted by Gasteiger charge is 2.17. The fraction of sp³-hybridized carbons (Fsp3) is 0.286. The van der Waals surface area contributed by atoms with Gasteiger partial charge in [-0.05, 0) is 51.5 Å². The minimum absolute atomic E-state index is 0.151. The Balaban J connectivity index is 1.53. The summed E-state index contributed by atoms with van der Waals surface area (Å²) in [5, 5.41) is 12.4. The SMILES string of the molecule is Cc1nc2c(cnn2C(C)C)cc1C(=O)N[C@@H](C)c1ccc(-n2cncn2)cc1. The molecule has 3 heterocycles. The van der Waals surface area contributed by atoms with Crippen LogP contribution in [0.5, 0.6) is 0 Å². The second-order valence-corrected chi connectivity index (χ2v) is 7.34. The summed E-state index contributed by atoms with van der Waals surface area (Å²) in [5.41, 5.74) is 3.96. The summed E-state index contributed by atoms with van der Waals surface area (Å²) in [7, 11) is 0. The van der Waals surface area contributed by atoms with Crippen molar-refractivity contribution in [2.75, 3.05) is 0 Å². The molecule has 1 aromatic carbocycles. The number of pyridine rings is 1. The molecule has 8 nitrogen and oxygen atoms in total. The lowest BCUT2D eigenvalue weighted by atomic mass is 10.1. The van der Waals surface area contributed by atoms with E-state index in [1.807, 2.05) is 48.9 Å². The molecular weight excluding hydrogens is 366 g/mol. The number of fused-ring (bicyclic) bond motifs is 1. The number of nitrogens with one attached hydrogen (secondary N) is 1. The number of nitrogens with zero attached hydrogens (tertiary/aromatic N) is 6. The number of carbonyl (C=O) groups is 1. The summed E-state index contributed by atoms with van der Waals surface area (Å²) in [5.74, 6) is -0.151. The highest BCUT2D eigenvalue weighted by molar-refractivity contribution is 5.98. The summed E-state index contributed by atoms with van der Waals surface area (Å²) < 4.78 is 3.55. The molecule has 1 amide bonds. The van der Waals surface area contributed by atoms with E-state index in [0.717, 1.165) is 22.3 Å². The average molecular weight is 389 g/mol. The van der Waals surface area contributed by atoms with E-state index in [4.69, 9.17) is 0 Å². The maximum atomic E-state index is 12.9. The first-order valence-corrected chi connectivity index (χ1v) is 9.54. The molecule has 8 heteroatoms. The predicted molar refractivity (Wildman–Crippen MR) is 110 cm³/mol. The van der Waals surface area contributed by atoms with Crippen LogP contribution in [0.3, 0.4) is 0 Å². The first-order valence-electron chi connectivity index (χ1n) is 9.54. The Kier molecular flexibility index (Phi) is 4.84. The molecule has 0 unspecified atom stereocenters. The van der Waals surface area contributed by atoms with Crippen molar-refractivity contribution in [2.45, 2.75) is 39.8 Å². The Morgan fingerprint density at radius 2 is 1.86 bits per heavy atom. The van der Waals surface area contributed by atoms with Crippen molar-refractivity contribution in [1.29, 1.82) is 0 Å². The molecule has 0 saturated carbocycles. The molecule has 1 N–H and O–H groups in total. The molecular formula is C21H23N7O. The van der Waals surface area contributed by atoms with E-state index in [-0.39, 0.29) is 18.0 Å². The van der Waals surface area contributed by atoms with Gasteiger partial charge in [-0.2, -0.15) is 10.2 Å². The van der Waals surface area contributed by atoms with Gasteiger partial charge in [0.2, 0.25) is 0 Å². The van der Waals surface area contributed by atoms with Crippen molar-refractivity contribution in [3.8, 4) is 5.69 Å². The number of carbonyl (C=O) groups excluding carboxylic acids is 1. The van der Waals surface area contributed by atoms with Crippen LogP contribution in [0.15, 0.2) is 49.2 Å². The van der Waals surface area contributed by atoms with E-state index < -0.39 is 0 Å². The number of rotatable bonds is 5. The lowest BCUT2D eigenvalue weighted by Gasteiger charge is -2.16. The second kappa shape index (κ2) is 7.46. The maximum absolute atomic E-state index is 12.9. The van der Waals surface area contributed by atoms with Gasteiger partial charge in [-0.25, -0.2) is 19.3 Å². The number of aromatic nitrogens is 6. The molecule has 0 aliphatic heterocycles. The van der Waals surface area contributed by atoms with Crippen LogP contribution in [0.25, 0.3) is 16.7 Å². The van der Waals surface area contributed by atoms with Crippen molar-refractivity contribution in [3.63, 3.8) is 0 Å². The molecule has 0 radical (unpaired) electrons. The normalized spacial score (nSPS) is 12.4. The minimum atomic E-state index is -0.152. The molecule has 29 heavy (non-hydrogen) atoms. The molecule has 0 bridgehead atoms. The van der Waals surface area contributed by atoms with Crippen LogP contribution in [-0.2, 0) is 0 Å². The fourth-order valence-electron chi connectivity index (χ4n) is 3.29. The number of hydrogen-bond acceptors (Lipinski definition) is 5. The molecule has 0 saturated heterocycles. The first-order chi connectivity index (χ1) is 13.9. The number of amides is 1. The van der Waals surface area contributed by atoms with E-state index in [9.17, 15) is 4.79 Å². The lowest BCUT2D eigenvalue weighted by Crippen LogP contribution is -2.27. The fourth-order valence-corrected chi connectivity index (χ4v) is 3.29. The lowest BCUT2D eigenvalue weighted by molar-refractivity contribution is 0.0939. The largest absolute Gasteiger partial charge is 0.345 e. The maximum Gasteiger partial charge on any atom is 0.253 e. The van der Waals surface area contributed by atoms with Crippen molar-refractivity contribution in [3.05, 3.63) is 66.0 Å². The smallest absolute Gasteiger partial charge is 0.253 e. The van der Waals surface area contributed by atoms with Crippen LogP contribution in [0.2, 0.25) is 0 Å². The van der Waals surface area contributed by atoms with Gasteiger partial charge in [-0.3, -0.25) is 4.79 Å². The Morgan fingerprint density at radius 1 is 1.10 bits per heavy atom. The molecule has 4 rings (SSSR count). The predicted octanol–water partition coefficient (Wildman–Crippen LogP) is 3.39. The molecule has 0 aliphatic carbocycles. The minimum Gasteiger partial charge on any atom is -0.345 e. The number of hydrogen-bond donors (Lipinski definition) is 1. The van der Waals surface area contributed by atoms with Gasteiger partial charge in [0, 0.05) is 11.4 Å². The van der Waals surface area contributed by atoms with Crippen molar-refractivity contribution < 1.29 is 4.79 Å². The zero-order chi connectivity index (χ0) is 20.5. The van der Waals surface area contributed by atoms with Gasteiger partial charge in [0.15, 0.2) is 5.65 Å². The van der Waals surface area contributed by atoms with E-state index in [1.165, 1.54) is 6.33 Å². The molecule has 4 aromatic rings. The molecule has 0 spiro atoms. The van der Waals surface area contributed by atoms with E-state index >= 15 is 0 Å². The summed E-state index contributed by atoms with van der Waals surface area (Å²) in [6, 6.07) is 9.77. The molecule has 0 fully saturated rings. The van der Waals surface area contributed by atoms with Crippen molar-refractivity contribution in [1.82, 2.24) is 34.8 Å². The topological polar surface area (TPSA) is 90.5 Å². The molecule has 0 aliphatic rings. The second-order valence-electron chi connectivity index (χ2n) is 7.34.